The Morgan fingerprint density at radius 1 is 1.04 bits per heavy atom. The van der Waals surface area contributed by atoms with E-state index in [2.05, 4.69) is 36.5 Å². The summed E-state index contributed by atoms with van der Waals surface area (Å²) in [6, 6.07) is 17.2. The van der Waals surface area contributed by atoms with Gasteiger partial charge in [0.05, 0.1) is 9.88 Å². The predicted molar refractivity (Wildman–Crippen MR) is 108 cm³/mol. The Kier molecular flexibility index (Phi) is 4.83. The van der Waals surface area contributed by atoms with E-state index in [0.29, 0.717) is 11.4 Å². The molecular weight excluding hydrogens is 428 g/mol. The van der Waals surface area contributed by atoms with E-state index in [0.717, 1.165) is 25.5 Å². The van der Waals surface area contributed by atoms with Crippen LogP contribution in [0.1, 0.15) is 15.5 Å². The van der Waals surface area contributed by atoms with Gasteiger partial charge >= 0.3 is 0 Å². The zero-order valence-corrected chi connectivity index (χ0v) is 16.5. The summed E-state index contributed by atoms with van der Waals surface area (Å²) in [5.41, 5.74) is 2.55. The Bertz CT molecular complexity index is 1090. The molecule has 1 N–H and O–H groups in total. The third-order valence-corrected chi connectivity index (χ3v) is 5.37. The van der Waals surface area contributed by atoms with Crippen molar-refractivity contribution in [3.63, 3.8) is 0 Å². The molecule has 0 aliphatic carbocycles. The van der Waals surface area contributed by atoms with Crippen LogP contribution in [-0.4, -0.2) is 21.2 Å². The van der Waals surface area contributed by atoms with Gasteiger partial charge in [-0.25, -0.2) is 9.61 Å². The van der Waals surface area contributed by atoms with Crippen LogP contribution < -0.4 is 5.32 Å². The molecular formula is C19H13BrN4O2S. The SMILES string of the molecule is Cc1nc(C(=O)Nc2nonc2-c2ccc(Br)cc2)c(-c2ccccc2)s1. The maximum Gasteiger partial charge on any atom is 0.277 e. The fourth-order valence-corrected chi connectivity index (χ4v) is 3.79. The molecule has 0 radical (unpaired) electrons. The molecule has 4 aromatic rings. The molecule has 1 amide bonds. The molecule has 6 nitrogen and oxygen atoms in total. The highest BCUT2D eigenvalue weighted by atomic mass is 79.9. The van der Waals surface area contributed by atoms with Gasteiger partial charge in [0, 0.05) is 10.0 Å². The third kappa shape index (κ3) is 3.67. The number of hydrogen-bond acceptors (Lipinski definition) is 6. The van der Waals surface area contributed by atoms with Crippen LogP contribution in [-0.2, 0) is 0 Å². The molecule has 27 heavy (non-hydrogen) atoms. The lowest BCUT2D eigenvalue weighted by Gasteiger charge is -2.04. The van der Waals surface area contributed by atoms with Crippen LogP contribution in [0.5, 0.6) is 0 Å². The molecule has 134 valence electrons. The number of nitrogens with one attached hydrogen (secondary N) is 1. The summed E-state index contributed by atoms with van der Waals surface area (Å²) in [7, 11) is 0. The Labute approximate surface area is 167 Å². The molecule has 8 heteroatoms. The zero-order valence-electron chi connectivity index (χ0n) is 14.1. The Morgan fingerprint density at radius 2 is 1.78 bits per heavy atom. The average Bonchev–Trinajstić information content (AvgIpc) is 3.30. The second-order valence-corrected chi connectivity index (χ2v) is 7.82. The van der Waals surface area contributed by atoms with Gasteiger partial charge in [0.1, 0.15) is 5.69 Å². The number of benzene rings is 2. The monoisotopic (exact) mass is 440 g/mol. The first-order valence-corrected chi connectivity index (χ1v) is 9.65. The minimum absolute atomic E-state index is 0.256. The van der Waals surface area contributed by atoms with Crippen LogP contribution in [0.2, 0.25) is 0 Å². The molecule has 0 fully saturated rings. The molecule has 2 aromatic carbocycles. The third-order valence-electron chi connectivity index (χ3n) is 3.82. The number of hydrogen-bond donors (Lipinski definition) is 1. The fraction of sp³-hybridized carbons (Fsp3) is 0.0526. The van der Waals surface area contributed by atoms with Crippen molar-refractivity contribution in [2.24, 2.45) is 0 Å². The normalized spacial score (nSPS) is 10.7. The average molecular weight is 441 g/mol. The molecule has 0 saturated heterocycles. The predicted octanol–water partition coefficient (Wildman–Crippen LogP) is 5.18. The first-order valence-electron chi connectivity index (χ1n) is 8.04. The van der Waals surface area contributed by atoms with Crippen molar-refractivity contribution in [2.75, 3.05) is 5.32 Å². The number of rotatable bonds is 4. The quantitative estimate of drug-likeness (QED) is 0.472. The first kappa shape index (κ1) is 17.6. The van der Waals surface area contributed by atoms with Crippen molar-refractivity contribution in [1.29, 1.82) is 0 Å². The van der Waals surface area contributed by atoms with Crippen molar-refractivity contribution in [1.82, 2.24) is 15.3 Å². The highest BCUT2D eigenvalue weighted by Crippen LogP contribution is 2.31. The Hall–Kier alpha value is -2.84. The standard InChI is InChI=1S/C19H13BrN4O2S/c1-11-21-16(17(27-11)13-5-3-2-4-6-13)19(25)22-18-15(23-26-24-18)12-7-9-14(20)10-8-12/h2-10H,1H3,(H,22,24,25). The van der Waals surface area contributed by atoms with Crippen molar-refractivity contribution >= 4 is 39.0 Å². The number of aromatic nitrogens is 3. The maximum absolute atomic E-state index is 12.9. The van der Waals surface area contributed by atoms with Gasteiger partial charge in [-0.1, -0.05) is 58.4 Å². The van der Waals surface area contributed by atoms with Crippen molar-refractivity contribution in [3.05, 3.63) is 69.8 Å². The van der Waals surface area contributed by atoms with Crippen LogP contribution in [0, 0.1) is 6.92 Å². The zero-order chi connectivity index (χ0) is 18.8. The molecule has 0 unspecified atom stereocenters. The van der Waals surface area contributed by atoms with E-state index >= 15 is 0 Å². The van der Waals surface area contributed by atoms with Gasteiger partial charge in [-0.15, -0.1) is 11.3 Å². The number of amides is 1. The van der Waals surface area contributed by atoms with Crippen LogP contribution in [0.3, 0.4) is 0 Å². The molecule has 0 aliphatic heterocycles. The summed E-state index contributed by atoms with van der Waals surface area (Å²) in [6.07, 6.45) is 0. The summed E-state index contributed by atoms with van der Waals surface area (Å²) in [6.45, 7) is 1.87. The molecule has 2 heterocycles. The largest absolute Gasteiger partial charge is 0.300 e. The number of nitrogens with zero attached hydrogens (tertiary/aromatic N) is 3. The number of carbonyl (C=O) groups is 1. The van der Waals surface area contributed by atoms with Gasteiger partial charge in [0.25, 0.3) is 5.91 Å². The smallest absolute Gasteiger partial charge is 0.277 e. The molecule has 0 aliphatic rings. The molecule has 0 saturated carbocycles. The van der Waals surface area contributed by atoms with Gasteiger partial charge in [-0.05, 0) is 34.9 Å². The number of carbonyl (C=O) groups excluding carboxylic acids is 1. The lowest BCUT2D eigenvalue weighted by Crippen LogP contribution is -2.14. The Morgan fingerprint density at radius 3 is 2.52 bits per heavy atom. The van der Waals surface area contributed by atoms with Crippen molar-refractivity contribution in [2.45, 2.75) is 6.92 Å². The molecule has 2 aromatic heterocycles. The van der Waals surface area contributed by atoms with Gasteiger partial charge in [0.2, 0.25) is 5.82 Å². The first-order chi connectivity index (χ1) is 13.1. The molecule has 0 spiro atoms. The maximum atomic E-state index is 12.9. The van der Waals surface area contributed by atoms with Crippen LogP contribution in [0.15, 0.2) is 63.7 Å². The van der Waals surface area contributed by atoms with Crippen LogP contribution in [0.4, 0.5) is 5.82 Å². The summed E-state index contributed by atoms with van der Waals surface area (Å²) >= 11 is 4.87. The summed E-state index contributed by atoms with van der Waals surface area (Å²) < 4.78 is 5.79. The highest BCUT2D eigenvalue weighted by molar-refractivity contribution is 9.10. The summed E-state index contributed by atoms with van der Waals surface area (Å²) in [4.78, 5) is 18.1. The van der Waals surface area contributed by atoms with E-state index in [9.17, 15) is 4.79 Å². The van der Waals surface area contributed by atoms with E-state index in [4.69, 9.17) is 4.63 Å². The molecule has 0 atom stereocenters. The van der Waals surface area contributed by atoms with E-state index in [1.165, 1.54) is 11.3 Å². The molecule has 4 rings (SSSR count). The second kappa shape index (κ2) is 7.42. The summed E-state index contributed by atoms with van der Waals surface area (Å²) in [5, 5.41) is 11.3. The fourth-order valence-electron chi connectivity index (χ4n) is 2.60. The minimum atomic E-state index is -0.354. The van der Waals surface area contributed by atoms with E-state index in [-0.39, 0.29) is 11.7 Å². The van der Waals surface area contributed by atoms with Gasteiger partial charge in [0.15, 0.2) is 5.69 Å². The second-order valence-electron chi connectivity index (χ2n) is 5.70. The lowest BCUT2D eigenvalue weighted by molar-refractivity contribution is 0.102. The minimum Gasteiger partial charge on any atom is -0.300 e. The van der Waals surface area contributed by atoms with Gasteiger partial charge in [-0.2, -0.15) is 0 Å². The van der Waals surface area contributed by atoms with E-state index < -0.39 is 0 Å². The topological polar surface area (TPSA) is 80.9 Å². The van der Waals surface area contributed by atoms with Gasteiger partial charge in [-0.3, -0.25) is 4.79 Å². The van der Waals surface area contributed by atoms with E-state index in [1.54, 1.807) is 0 Å². The van der Waals surface area contributed by atoms with Gasteiger partial charge < -0.3 is 5.32 Å². The van der Waals surface area contributed by atoms with Crippen LogP contribution in [0.25, 0.3) is 21.7 Å². The number of anilines is 1. The molecule has 0 bridgehead atoms. The van der Waals surface area contributed by atoms with Crippen molar-refractivity contribution in [3.8, 4) is 21.7 Å². The highest BCUT2D eigenvalue weighted by Gasteiger charge is 2.22. The number of halogens is 1. The number of thiazole rings is 1. The summed E-state index contributed by atoms with van der Waals surface area (Å²) in [5.74, 6) is -0.0979. The van der Waals surface area contributed by atoms with Crippen molar-refractivity contribution < 1.29 is 9.42 Å². The van der Waals surface area contributed by atoms with Crippen LogP contribution >= 0.6 is 27.3 Å². The lowest BCUT2D eigenvalue weighted by atomic mass is 10.1. The Balaban J connectivity index is 1.65. The van der Waals surface area contributed by atoms with E-state index in [1.807, 2.05) is 61.5 Å². The number of aryl methyl sites for hydroxylation is 1.